The van der Waals surface area contributed by atoms with Crippen molar-refractivity contribution in [1.29, 1.82) is 0 Å². The molecule has 2 rings (SSSR count). The molecule has 0 radical (unpaired) electrons. The molecular weight excluding hydrogens is 182 g/mol. The quantitative estimate of drug-likeness (QED) is 0.626. The summed E-state index contributed by atoms with van der Waals surface area (Å²) in [6.07, 6.45) is 0. The van der Waals surface area contributed by atoms with Crippen LogP contribution in [0.3, 0.4) is 0 Å². The van der Waals surface area contributed by atoms with Gasteiger partial charge in [-0.3, -0.25) is 14.3 Å². The van der Waals surface area contributed by atoms with Crippen LogP contribution in [0.2, 0.25) is 0 Å². The highest BCUT2D eigenvalue weighted by Crippen LogP contribution is 2.14. The van der Waals surface area contributed by atoms with Gasteiger partial charge in [0.25, 0.3) is 5.56 Å². The zero-order valence-corrected chi connectivity index (χ0v) is 8.26. The lowest BCUT2D eigenvalue weighted by molar-refractivity contribution is 0.832. The van der Waals surface area contributed by atoms with E-state index in [9.17, 15) is 9.59 Å². The molecule has 5 nitrogen and oxygen atoms in total. The maximum absolute atomic E-state index is 11.5. The summed E-state index contributed by atoms with van der Waals surface area (Å²) in [5, 5.41) is 0.560. The summed E-state index contributed by atoms with van der Waals surface area (Å²) in [6, 6.07) is 0. The number of H-pyrrole nitrogens is 2. The van der Waals surface area contributed by atoms with Crippen LogP contribution in [0.5, 0.6) is 0 Å². The van der Waals surface area contributed by atoms with Gasteiger partial charge in [-0.1, -0.05) is 0 Å². The Kier molecular flexibility index (Phi) is 1.64. The van der Waals surface area contributed by atoms with E-state index in [0.29, 0.717) is 11.0 Å². The van der Waals surface area contributed by atoms with Gasteiger partial charge in [0.15, 0.2) is 0 Å². The smallest absolute Gasteiger partial charge is 0.329 e. The maximum Gasteiger partial charge on any atom is 0.329 e. The molecule has 0 atom stereocenters. The highest BCUT2D eigenvalue weighted by molar-refractivity contribution is 5.80. The second kappa shape index (κ2) is 2.60. The number of rotatable bonds is 0. The number of aromatic amines is 2. The van der Waals surface area contributed by atoms with Crippen molar-refractivity contribution < 1.29 is 0 Å². The predicted molar refractivity (Wildman–Crippen MR) is 53.6 cm³/mol. The second-order valence-corrected chi connectivity index (χ2v) is 3.42. The first-order valence-electron chi connectivity index (χ1n) is 4.30. The lowest BCUT2D eigenvalue weighted by Gasteiger charge is -1.97. The minimum Gasteiger partial charge on any atom is -0.344 e. The van der Waals surface area contributed by atoms with Gasteiger partial charge in [-0.2, -0.15) is 0 Å². The first kappa shape index (κ1) is 8.80. The third-order valence-corrected chi connectivity index (χ3v) is 2.57. The number of hydrogen-bond acceptors (Lipinski definition) is 2. The Morgan fingerprint density at radius 2 is 1.79 bits per heavy atom. The van der Waals surface area contributed by atoms with Gasteiger partial charge in [-0.15, -0.1) is 0 Å². The minimum atomic E-state index is -0.399. The molecule has 0 unspecified atom stereocenters. The van der Waals surface area contributed by atoms with Gasteiger partial charge in [-0.25, -0.2) is 4.79 Å². The number of hydrogen-bond donors (Lipinski definition) is 2. The van der Waals surface area contributed by atoms with E-state index in [1.165, 1.54) is 4.57 Å². The highest BCUT2D eigenvalue weighted by atomic mass is 16.2. The third kappa shape index (κ3) is 0.951. The highest BCUT2D eigenvalue weighted by Gasteiger charge is 2.11. The molecule has 0 bridgehead atoms. The van der Waals surface area contributed by atoms with Crippen LogP contribution in [-0.4, -0.2) is 14.5 Å². The van der Waals surface area contributed by atoms with Gasteiger partial charge in [0.2, 0.25) is 0 Å². The molecule has 0 aliphatic carbocycles. The Hall–Kier alpha value is -1.78. The van der Waals surface area contributed by atoms with Crippen LogP contribution < -0.4 is 11.2 Å². The molecule has 5 heteroatoms. The fraction of sp³-hybridized carbons (Fsp3) is 0.333. The Morgan fingerprint density at radius 3 is 2.43 bits per heavy atom. The molecule has 0 amide bonds. The average Bonchev–Trinajstić information content (AvgIpc) is 2.40. The normalized spacial score (nSPS) is 11.1. The van der Waals surface area contributed by atoms with Gasteiger partial charge >= 0.3 is 5.69 Å². The van der Waals surface area contributed by atoms with E-state index in [1.807, 2.05) is 13.8 Å². The summed E-state index contributed by atoms with van der Waals surface area (Å²) < 4.78 is 1.40. The van der Waals surface area contributed by atoms with E-state index in [1.54, 1.807) is 7.05 Å². The van der Waals surface area contributed by atoms with E-state index in [0.717, 1.165) is 11.3 Å². The Labute approximate surface area is 79.4 Å². The SMILES string of the molecule is Cc1[nH]c2c(c1C)c(=O)[nH]c(=O)n2C. The molecule has 0 aliphatic heterocycles. The van der Waals surface area contributed by atoms with Crippen LogP contribution in [0, 0.1) is 13.8 Å². The Bertz CT molecular complexity index is 615. The van der Waals surface area contributed by atoms with Crippen molar-refractivity contribution in [2.45, 2.75) is 13.8 Å². The van der Waals surface area contributed by atoms with Crippen molar-refractivity contribution in [3.8, 4) is 0 Å². The molecule has 0 saturated carbocycles. The van der Waals surface area contributed by atoms with Crippen molar-refractivity contribution in [2.75, 3.05) is 0 Å². The van der Waals surface area contributed by atoms with Gasteiger partial charge in [0, 0.05) is 12.7 Å². The van der Waals surface area contributed by atoms with Crippen LogP contribution in [-0.2, 0) is 7.05 Å². The molecule has 0 fully saturated rings. The van der Waals surface area contributed by atoms with Gasteiger partial charge in [-0.05, 0) is 19.4 Å². The molecule has 74 valence electrons. The topological polar surface area (TPSA) is 70.7 Å². The molecule has 0 saturated heterocycles. The Balaban J connectivity index is 3.18. The number of nitrogens with zero attached hydrogens (tertiary/aromatic N) is 1. The fourth-order valence-corrected chi connectivity index (χ4v) is 1.57. The van der Waals surface area contributed by atoms with Crippen LogP contribution in [0.15, 0.2) is 9.59 Å². The van der Waals surface area contributed by atoms with Gasteiger partial charge < -0.3 is 4.98 Å². The number of nitrogens with one attached hydrogen (secondary N) is 2. The van der Waals surface area contributed by atoms with Gasteiger partial charge in [0.1, 0.15) is 5.65 Å². The summed E-state index contributed by atoms with van der Waals surface area (Å²) in [6.45, 7) is 3.73. The number of aromatic nitrogens is 3. The van der Waals surface area contributed by atoms with E-state index < -0.39 is 5.69 Å². The van der Waals surface area contributed by atoms with Crippen LogP contribution in [0.4, 0.5) is 0 Å². The monoisotopic (exact) mass is 193 g/mol. The summed E-state index contributed by atoms with van der Waals surface area (Å²) in [7, 11) is 1.62. The summed E-state index contributed by atoms with van der Waals surface area (Å²) in [5.41, 5.74) is 1.64. The van der Waals surface area contributed by atoms with Crippen molar-refractivity contribution in [3.63, 3.8) is 0 Å². The van der Waals surface area contributed by atoms with Crippen molar-refractivity contribution >= 4 is 11.0 Å². The molecule has 2 heterocycles. The summed E-state index contributed by atoms with van der Waals surface area (Å²) >= 11 is 0. The standard InChI is InChI=1S/C9H11N3O2/c1-4-5(2)10-7-6(4)8(13)11-9(14)12(7)3/h10H,1-3H3,(H,11,13,14). The molecule has 0 aromatic carbocycles. The molecule has 14 heavy (non-hydrogen) atoms. The van der Waals surface area contributed by atoms with E-state index in [4.69, 9.17) is 0 Å². The van der Waals surface area contributed by atoms with E-state index in [2.05, 4.69) is 9.97 Å². The largest absolute Gasteiger partial charge is 0.344 e. The second-order valence-electron chi connectivity index (χ2n) is 3.42. The molecule has 2 aromatic rings. The predicted octanol–water partition coefficient (Wildman–Crippen LogP) is 0.172. The van der Waals surface area contributed by atoms with Crippen LogP contribution in [0.1, 0.15) is 11.3 Å². The zero-order valence-electron chi connectivity index (χ0n) is 8.26. The van der Waals surface area contributed by atoms with Crippen LogP contribution in [0.25, 0.3) is 11.0 Å². The molecule has 0 aliphatic rings. The van der Waals surface area contributed by atoms with E-state index in [-0.39, 0.29) is 5.56 Å². The number of aryl methyl sites for hydroxylation is 3. The number of fused-ring (bicyclic) bond motifs is 1. The maximum atomic E-state index is 11.5. The minimum absolute atomic E-state index is 0.329. The van der Waals surface area contributed by atoms with Gasteiger partial charge in [0.05, 0.1) is 5.39 Å². The molecule has 0 spiro atoms. The van der Waals surface area contributed by atoms with Crippen molar-refractivity contribution in [2.24, 2.45) is 7.05 Å². The molecular formula is C9H11N3O2. The van der Waals surface area contributed by atoms with E-state index >= 15 is 0 Å². The third-order valence-electron chi connectivity index (χ3n) is 2.57. The lowest BCUT2D eigenvalue weighted by atomic mass is 10.2. The first-order chi connectivity index (χ1) is 6.52. The van der Waals surface area contributed by atoms with Crippen molar-refractivity contribution in [3.05, 3.63) is 32.1 Å². The molecule has 2 N–H and O–H groups in total. The summed E-state index contributed by atoms with van der Waals surface area (Å²) in [5.74, 6) is 0. The lowest BCUT2D eigenvalue weighted by Crippen LogP contribution is -2.28. The average molecular weight is 193 g/mol. The van der Waals surface area contributed by atoms with Crippen molar-refractivity contribution in [1.82, 2.24) is 14.5 Å². The summed E-state index contributed by atoms with van der Waals surface area (Å²) in [4.78, 5) is 28.0. The zero-order chi connectivity index (χ0) is 10.5. The first-order valence-corrected chi connectivity index (χ1v) is 4.30. The Morgan fingerprint density at radius 1 is 1.14 bits per heavy atom. The fourth-order valence-electron chi connectivity index (χ4n) is 1.57. The molecule has 2 aromatic heterocycles. The van der Waals surface area contributed by atoms with Crippen LogP contribution >= 0.6 is 0 Å².